The van der Waals surface area contributed by atoms with E-state index in [-0.39, 0.29) is 0 Å². The minimum Gasteiger partial charge on any atom is -0.389 e. The zero-order chi connectivity index (χ0) is 30.1. The lowest BCUT2D eigenvalue weighted by Crippen LogP contribution is -2.41. The van der Waals surface area contributed by atoms with Gasteiger partial charge in [0.1, 0.15) is 0 Å². The Balaban J connectivity index is 3.92. The number of unbranched alkanes of at least 4 members (excludes halogenated alkanes) is 21. The average molecular weight is 586 g/mol. The fourth-order valence-electron chi connectivity index (χ4n) is 5.54. The Kier molecular flexibility index (Phi) is 34.1. The van der Waals surface area contributed by atoms with Crippen LogP contribution in [-0.2, 0) is 9.47 Å². The molecule has 0 amide bonds. The molecule has 5 nitrogen and oxygen atoms in total. The second-order valence-corrected chi connectivity index (χ2v) is 12.6. The number of aliphatic hydroxyl groups excluding tert-OH is 2. The standard InChI is InChI=1S/C36H75NO4/c1-4-7-10-13-15-17-19-21-23-26-29-40-33-35(38)31-37(28-25-12-9-6-3)32-36(39)34-41-30-27-24-22-20-18-16-14-11-8-5-2/h35-36,38-39H,4-34H2,1-3H3. The van der Waals surface area contributed by atoms with E-state index in [1.54, 1.807) is 0 Å². The van der Waals surface area contributed by atoms with Gasteiger partial charge in [0.15, 0.2) is 0 Å². The van der Waals surface area contributed by atoms with Gasteiger partial charge in [-0.05, 0) is 25.8 Å². The predicted molar refractivity (Wildman–Crippen MR) is 178 cm³/mol. The van der Waals surface area contributed by atoms with E-state index in [1.165, 1.54) is 135 Å². The molecule has 0 aliphatic heterocycles. The lowest BCUT2D eigenvalue weighted by Gasteiger charge is -2.27. The van der Waals surface area contributed by atoms with Crippen LogP contribution >= 0.6 is 0 Å². The molecule has 0 radical (unpaired) electrons. The van der Waals surface area contributed by atoms with Gasteiger partial charge >= 0.3 is 0 Å². The maximum absolute atomic E-state index is 10.6. The highest BCUT2D eigenvalue weighted by Crippen LogP contribution is 2.12. The van der Waals surface area contributed by atoms with Crippen LogP contribution in [-0.4, -0.2) is 73.4 Å². The minimum atomic E-state index is -0.510. The summed E-state index contributed by atoms with van der Waals surface area (Å²) in [7, 11) is 0. The van der Waals surface area contributed by atoms with Crippen LogP contribution in [0.2, 0.25) is 0 Å². The van der Waals surface area contributed by atoms with Crippen molar-refractivity contribution in [2.75, 3.05) is 46.1 Å². The lowest BCUT2D eigenvalue weighted by molar-refractivity contribution is -0.0113. The van der Waals surface area contributed by atoms with Gasteiger partial charge in [-0.3, -0.25) is 4.90 Å². The van der Waals surface area contributed by atoms with Crippen LogP contribution in [0.25, 0.3) is 0 Å². The van der Waals surface area contributed by atoms with Crippen LogP contribution in [0, 0.1) is 0 Å². The first kappa shape index (κ1) is 40.8. The number of rotatable bonds is 35. The van der Waals surface area contributed by atoms with Gasteiger partial charge in [0.2, 0.25) is 0 Å². The van der Waals surface area contributed by atoms with Crippen LogP contribution in [0.3, 0.4) is 0 Å². The largest absolute Gasteiger partial charge is 0.389 e. The van der Waals surface area contributed by atoms with E-state index in [9.17, 15) is 10.2 Å². The summed E-state index contributed by atoms with van der Waals surface area (Å²) >= 11 is 0. The van der Waals surface area contributed by atoms with E-state index in [2.05, 4.69) is 25.7 Å². The Labute approximate surface area is 257 Å². The van der Waals surface area contributed by atoms with Crippen molar-refractivity contribution in [2.24, 2.45) is 0 Å². The molecular formula is C36H75NO4. The van der Waals surface area contributed by atoms with E-state index in [0.29, 0.717) is 26.3 Å². The molecule has 248 valence electrons. The number of hydrogen-bond acceptors (Lipinski definition) is 5. The maximum Gasteiger partial charge on any atom is 0.0900 e. The van der Waals surface area contributed by atoms with Gasteiger partial charge in [-0.1, -0.05) is 156 Å². The van der Waals surface area contributed by atoms with Gasteiger partial charge in [0.25, 0.3) is 0 Å². The fourth-order valence-corrected chi connectivity index (χ4v) is 5.54. The van der Waals surface area contributed by atoms with Crippen LogP contribution < -0.4 is 0 Å². The highest BCUT2D eigenvalue weighted by atomic mass is 16.5. The molecule has 0 bridgehead atoms. The Morgan fingerprint density at radius 1 is 0.415 bits per heavy atom. The number of nitrogens with zero attached hydrogens (tertiary/aromatic N) is 1. The van der Waals surface area contributed by atoms with E-state index in [0.717, 1.165) is 39.0 Å². The molecular weight excluding hydrogens is 510 g/mol. The van der Waals surface area contributed by atoms with Gasteiger partial charge in [0, 0.05) is 26.3 Å². The van der Waals surface area contributed by atoms with E-state index >= 15 is 0 Å². The molecule has 0 aromatic carbocycles. The Hall–Kier alpha value is -0.200. The molecule has 2 N–H and O–H groups in total. The first-order valence-electron chi connectivity index (χ1n) is 18.4. The summed E-state index contributed by atoms with van der Waals surface area (Å²) in [5, 5.41) is 21.2. The molecule has 2 atom stereocenters. The molecule has 0 heterocycles. The molecule has 0 aromatic heterocycles. The van der Waals surface area contributed by atoms with E-state index < -0.39 is 12.2 Å². The molecule has 0 fully saturated rings. The van der Waals surface area contributed by atoms with Gasteiger partial charge in [-0.25, -0.2) is 0 Å². The van der Waals surface area contributed by atoms with Gasteiger partial charge < -0.3 is 19.7 Å². The van der Waals surface area contributed by atoms with Gasteiger partial charge in [-0.15, -0.1) is 0 Å². The molecule has 5 heteroatoms. The highest BCUT2D eigenvalue weighted by molar-refractivity contribution is 4.69. The Morgan fingerprint density at radius 2 is 0.707 bits per heavy atom. The number of ether oxygens (including phenoxy) is 2. The third-order valence-corrected chi connectivity index (χ3v) is 8.17. The van der Waals surface area contributed by atoms with Crippen LogP contribution in [0.15, 0.2) is 0 Å². The first-order chi connectivity index (χ1) is 20.1. The number of aliphatic hydroxyl groups is 2. The monoisotopic (exact) mass is 586 g/mol. The summed E-state index contributed by atoms with van der Waals surface area (Å²) in [6, 6.07) is 0. The second-order valence-electron chi connectivity index (χ2n) is 12.6. The van der Waals surface area contributed by atoms with E-state index in [4.69, 9.17) is 9.47 Å². The third kappa shape index (κ3) is 32.5. The van der Waals surface area contributed by atoms with Crippen molar-refractivity contribution in [3.63, 3.8) is 0 Å². The van der Waals surface area contributed by atoms with Crippen molar-refractivity contribution >= 4 is 0 Å². The van der Waals surface area contributed by atoms with Gasteiger partial charge in [-0.2, -0.15) is 0 Å². The quantitative estimate of drug-likeness (QED) is 0.0725. The normalized spacial score (nSPS) is 13.3. The Bertz CT molecular complexity index is 442. The first-order valence-corrected chi connectivity index (χ1v) is 18.4. The fraction of sp³-hybridized carbons (Fsp3) is 1.00. The summed E-state index contributed by atoms with van der Waals surface area (Å²) in [6.45, 7) is 11.0. The molecule has 0 spiro atoms. The SMILES string of the molecule is CCCCCCCCCCCCOCC(O)CN(CCCCCC)CC(O)COCCCCCCCCCCCC. The summed E-state index contributed by atoms with van der Waals surface area (Å²) in [5.74, 6) is 0. The summed E-state index contributed by atoms with van der Waals surface area (Å²) in [5.41, 5.74) is 0. The van der Waals surface area contributed by atoms with Crippen LogP contribution in [0.1, 0.15) is 175 Å². The highest BCUT2D eigenvalue weighted by Gasteiger charge is 2.16. The topological polar surface area (TPSA) is 62.2 Å². The molecule has 0 rings (SSSR count). The molecule has 0 aliphatic rings. The summed E-state index contributed by atoms with van der Waals surface area (Å²) < 4.78 is 11.6. The summed E-state index contributed by atoms with van der Waals surface area (Å²) in [6.07, 6.45) is 30.1. The summed E-state index contributed by atoms with van der Waals surface area (Å²) in [4.78, 5) is 2.21. The third-order valence-electron chi connectivity index (χ3n) is 8.17. The molecule has 0 saturated heterocycles. The zero-order valence-corrected chi connectivity index (χ0v) is 28.2. The van der Waals surface area contributed by atoms with Crippen molar-refractivity contribution in [2.45, 2.75) is 187 Å². The molecule has 0 aromatic rings. The Morgan fingerprint density at radius 3 is 1.05 bits per heavy atom. The van der Waals surface area contributed by atoms with Crippen molar-refractivity contribution in [1.29, 1.82) is 0 Å². The van der Waals surface area contributed by atoms with E-state index in [1.807, 2.05) is 0 Å². The molecule has 0 saturated carbocycles. The minimum absolute atomic E-state index is 0.383. The van der Waals surface area contributed by atoms with Crippen molar-refractivity contribution < 1.29 is 19.7 Å². The number of hydrogen-bond donors (Lipinski definition) is 2. The molecule has 2 unspecified atom stereocenters. The average Bonchev–Trinajstić information content (AvgIpc) is 2.96. The smallest absolute Gasteiger partial charge is 0.0900 e. The molecule has 0 aliphatic carbocycles. The van der Waals surface area contributed by atoms with Crippen molar-refractivity contribution in [1.82, 2.24) is 4.90 Å². The zero-order valence-electron chi connectivity index (χ0n) is 28.2. The van der Waals surface area contributed by atoms with Crippen molar-refractivity contribution in [3.8, 4) is 0 Å². The van der Waals surface area contributed by atoms with Gasteiger partial charge in [0.05, 0.1) is 25.4 Å². The van der Waals surface area contributed by atoms with Crippen LogP contribution in [0.4, 0.5) is 0 Å². The molecule has 41 heavy (non-hydrogen) atoms. The van der Waals surface area contributed by atoms with Crippen LogP contribution in [0.5, 0.6) is 0 Å². The predicted octanol–water partition coefficient (Wildman–Crippen LogP) is 9.47. The lowest BCUT2D eigenvalue weighted by atomic mass is 10.1. The maximum atomic E-state index is 10.6. The van der Waals surface area contributed by atoms with Crippen molar-refractivity contribution in [3.05, 3.63) is 0 Å². The second kappa shape index (κ2) is 34.3.